The van der Waals surface area contributed by atoms with Crippen LogP contribution >= 0.6 is 11.3 Å². The fourth-order valence-corrected chi connectivity index (χ4v) is 6.11. The van der Waals surface area contributed by atoms with Crippen molar-refractivity contribution in [2.24, 2.45) is 0 Å². The third-order valence-electron chi connectivity index (χ3n) is 6.44. The van der Waals surface area contributed by atoms with E-state index < -0.39 is 0 Å². The number of ketones is 1. The van der Waals surface area contributed by atoms with Gasteiger partial charge < -0.3 is 5.32 Å². The highest BCUT2D eigenvalue weighted by Gasteiger charge is 2.33. The first kappa shape index (κ1) is 22.5. The summed E-state index contributed by atoms with van der Waals surface area (Å²) >= 11 is 1.58. The lowest BCUT2D eigenvalue weighted by Gasteiger charge is -2.17. The summed E-state index contributed by atoms with van der Waals surface area (Å²) in [5.41, 5.74) is 3.86. The molecule has 1 atom stereocenters. The van der Waals surface area contributed by atoms with Crippen molar-refractivity contribution in [1.82, 2.24) is 19.7 Å². The number of halogens is 1. The molecule has 1 unspecified atom stereocenters. The number of nitrogens with one attached hydrogen (secondary N) is 1. The minimum Gasteiger partial charge on any atom is -0.340 e. The zero-order chi connectivity index (χ0) is 24.8. The van der Waals surface area contributed by atoms with E-state index in [0.717, 1.165) is 48.6 Å². The Bertz CT molecular complexity index is 1670. The number of carbonyl (C=O) groups is 1. The van der Waals surface area contributed by atoms with Crippen molar-refractivity contribution in [2.75, 3.05) is 19.4 Å². The molecule has 180 valence electrons. The van der Waals surface area contributed by atoms with Gasteiger partial charge in [0.1, 0.15) is 42.8 Å². The van der Waals surface area contributed by atoms with E-state index in [-0.39, 0.29) is 17.5 Å². The van der Waals surface area contributed by atoms with Crippen molar-refractivity contribution in [3.05, 3.63) is 76.8 Å². The average Bonchev–Trinajstić information content (AvgIpc) is 3.42. The Labute approximate surface area is 210 Å². The molecule has 5 aromatic rings. The maximum absolute atomic E-state index is 13.6. The van der Waals surface area contributed by atoms with Crippen LogP contribution in [0.5, 0.6) is 0 Å². The van der Waals surface area contributed by atoms with E-state index in [1.54, 1.807) is 23.7 Å². The zero-order valence-corrected chi connectivity index (χ0v) is 20.7. The SMILES string of the molecule is C[N+](C)=CC1C(=O)CCc2c1sc1ncnc(Nc3ccc4c(cnn4Cc4cccc(F)c4)c3)c21. The van der Waals surface area contributed by atoms with Crippen molar-refractivity contribution in [2.45, 2.75) is 25.3 Å². The first-order chi connectivity index (χ1) is 17.5. The zero-order valence-electron chi connectivity index (χ0n) is 19.9. The molecule has 3 aromatic heterocycles. The van der Waals surface area contributed by atoms with Gasteiger partial charge in [-0.25, -0.2) is 18.9 Å². The van der Waals surface area contributed by atoms with Crippen LogP contribution in [0.2, 0.25) is 0 Å². The molecule has 7 nitrogen and oxygen atoms in total. The van der Waals surface area contributed by atoms with Gasteiger partial charge in [0.25, 0.3) is 0 Å². The lowest BCUT2D eigenvalue weighted by atomic mass is 9.87. The van der Waals surface area contributed by atoms with Crippen LogP contribution in [0.1, 0.15) is 28.3 Å². The van der Waals surface area contributed by atoms with E-state index in [9.17, 15) is 9.18 Å². The molecule has 2 aromatic carbocycles. The highest BCUT2D eigenvalue weighted by atomic mass is 32.1. The molecule has 9 heteroatoms. The molecule has 1 N–H and O–H groups in total. The number of hydrogen-bond donors (Lipinski definition) is 1. The van der Waals surface area contributed by atoms with Crippen LogP contribution in [0.4, 0.5) is 15.9 Å². The largest absolute Gasteiger partial charge is 0.340 e. The standard InChI is InChI=1S/C27H24FN6OS/c1-33(2)14-21-23(35)9-7-20-24-26(29-15-30-27(24)36-25(20)21)32-19-6-8-22-17(11-19)12-31-34(22)13-16-4-3-5-18(28)10-16/h3-6,8,10-12,14-15,21H,7,9,13H2,1-2H3,(H,29,30,32)/q+1. The van der Waals surface area contributed by atoms with Crippen molar-refractivity contribution < 1.29 is 13.8 Å². The Hall–Kier alpha value is -3.98. The summed E-state index contributed by atoms with van der Waals surface area (Å²) in [4.78, 5) is 23.7. The molecule has 0 saturated carbocycles. The third-order valence-corrected chi connectivity index (χ3v) is 7.67. The number of anilines is 2. The smallest absolute Gasteiger partial charge is 0.155 e. The van der Waals surface area contributed by atoms with Gasteiger partial charge in [0.2, 0.25) is 0 Å². The van der Waals surface area contributed by atoms with Crippen LogP contribution in [-0.2, 0) is 17.8 Å². The van der Waals surface area contributed by atoms with Gasteiger partial charge in [-0.05, 0) is 47.9 Å². The number of thiophene rings is 1. The summed E-state index contributed by atoms with van der Waals surface area (Å²) < 4.78 is 17.4. The van der Waals surface area contributed by atoms with Crippen LogP contribution in [0.15, 0.2) is 55.0 Å². The van der Waals surface area contributed by atoms with E-state index in [2.05, 4.69) is 20.4 Å². The molecule has 0 fully saturated rings. The number of benzene rings is 2. The molecule has 0 saturated heterocycles. The molecule has 36 heavy (non-hydrogen) atoms. The predicted molar refractivity (Wildman–Crippen MR) is 140 cm³/mol. The Morgan fingerprint density at radius 1 is 1.19 bits per heavy atom. The van der Waals surface area contributed by atoms with Crippen LogP contribution in [-0.4, -0.2) is 50.4 Å². The van der Waals surface area contributed by atoms with Gasteiger partial charge in [-0.2, -0.15) is 5.10 Å². The number of hydrogen-bond acceptors (Lipinski definition) is 6. The molecule has 0 radical (unpaired) electrons. The number of carbonyl (C=O) groups excluding carboxylic acids is 1. The van der Waals surface area contributed by atoms with E-state index >= 15 is 0 Å². The quantitative estimate of drug-likeness (QED) is 0.275. The van der Waals surface area contributed by atoms with Gasteiger partial charge in [-0.3, -0.25) is 9.48 Å². The molecule has 1 aliphatic carbocycles. The fraction of sp³-hybridized carbons (Fsp3) is 0.222. The Kier molecular flexibility index (Phi) is 5.56. The van der Waals surface area contributed by atoms with Crippen molar-refractivity contribution in [3.63, 3.8) is 0 Å². The second-order valence-electron chi connectivity index (χ2n) is 9.23. The molecular weight excluding hydrogens is 475 g/mol. The van der Waals surface area contributed by atoms with Crippen LogP contribution in [0, 0.1) is 5.82 Å². The van der Waals surface area contributed by atoms with Gasteiger partial charge in [-0.15, -0.1) is 11.3 Å². The van der Waals surface area contributed by atoms with E-state index in [0.29, 0.717) is 19.4 Å². The first-order valence-corrected chi connectivity index (χ1v) is 12.6. The van der Waals surface area contributed by atoms with Gasteiger partial charge in [0.15, 0.2) is 12.0 Å². The summed E-state index contributed by atoms with van der Waals surface area (Å²) in [7, 11) is 3.89. The highest BCUT2D eigenvalue weighted by molar-refractivity contribution is 7.19. The topological polar surface area (TPSA) is 75.7 Å². The first-order valence-electron chi connectivity index (χ1n) is 11.7. The average molecular weight is 500 g/mol. The highest BCUT2D eigenvalue weighted by Crippen LogP contribution is 2.42. The molecule has 6 rings (SSSR count). The van der Waals surface area contributed by atoms with Gasteiger partial charge >= 0.3 is 0 Å². The van der Waals surface area contributed by atoms with Crippen molar-refractivity contribution in [1.29, 1.82) is 0 Å². The van der Waals surface area contributed by atoms with E-state index in [1.807, 2.05) is 60.0 Å². The molecule has 1 aliphatic rings. The monoisotopic (exact) mass is 499 g/mol. The number of rotatable bonds is 5. The minimum absolute atomic E-state index is 0.240. The second-order valence-corrected chi connectivity index (χ2v) is 10.3. The van der Waals surface area contributed by atoms with Gasteiger partial charge in [0.05, 0.1) is 23.6 Å². The maximum atomic E-state index is 13.6. The Morgan fingerprint density at radius 3 is 2.92 bits per heavy atom. The van der Waals surface area contributed by atoms with Gasteiger partial charge in [-0.1, -0.05) is 12.1 Å². The number of Topliss-reactive ketones (excluding diaryl/α,β-unsaturated/α-hetero) is 1. The molecule has 3 heterocycles. The van der Waals surface area contributed by atoms with E-state index in [1.165, 1.54) is 12.1 Å². The normalized spacial score (nSPS) is 15.3. The third kappa shape index (κ3) is 4.05. The number of aryl methyl sites for hydroxylation is 1. The van der Waals surface area contributed by atoms with Crippen LogP contribution in [0.25, 0.3) is 21.1 Å². The molecular formula is C27H24FN6OS+. The summed E-state index contributed by atoms with van der Waals surface area (Å²) in [5, 5.41) is 9.94. The summed E-state index contributed by atoms with van der Waals surface area (Å²) in [6.07, 6.45) is 6.56. The lowest BCUT2D eigenvalue weighted by molar-refractivity contribution is -0.460. The number of aromatic nitrogens is 4. The Morgan fingerprint density at radius 2 is 2.08 bits per heavy atom. The number of fused-ring (bicyclic) bond motifs is 4. The number of nitrogens with zero attached hydrogens (tertiary/aromatic N) is 5. The molecule has 0 spiro atoms. The molecule has 0 aliphatic heterocycles. The lowest BCUT2D eigenvalue weighted by Crippen LogP contribution is -2.22. The minimum atomic E-state index is -0.252. The van der Waals surface area contributed by atoms with Crippen molar-refractivity contribution >= 4 is 56.0 Å². The predicted octanol–water partition coefficient (Wildman–Crippen LogP) is 4.91. The molecule has 0 bridgehead atoms. The van der Waals surface area contributed by atoms with Crippen LogP contribution in [0.3, 0.4) is 0 Å². The Balaban J connectivity index is 1.34. The summed E-state index contributed by atoms with van der Waals surface area (Å²) in [6, 6.07) is 12.6. The summed E-state index contributed by atoms with van der Waals surface area (Å²) in [6.45, 7) is 0.492. The van der Waals surface area contributed by atoms with E-state index in [4.69, 9.17) is 0 Å². The van der Waals surface area contributed by atoms with Crippen molar-refractivity contribution in [3.8, 4) is 0 Å². The fourth-order valence-electron chi connectivity index (χ4n) is 4.84. The van der Waals surface area contributed by atoms with Gasteiger partial charge in [0, 0.05) is 22.4 Å². The second kappa shape index (κ2) is 8.91. The maximum Gasteiger partial charge on any atom is 0.155 e. The molecule has 0 amide bonds. The summed E-state index contributed by atoms with van der Waals surface area (Å²) in [5.74, 6) is 0.487. The van der Waals surface area contributed by atoms with Crippen LogP contribution < -0.4 is 5.32 Å².